The van der Waals surface area contributed by atoms with Gasteiger partial charge < -0.3 is 0 Å². The summed E-state index contributed by atoms with van der Waals surface area (Å²) >= 11 is 1.46. The number of nitrogens with one attached hydrogen (secondary N) is 1. The molecular formula is C5H4NO3S3. The summed E-state index contributed by atoms with van der Waals surface area (Å²) in [5, 5.41) is 1.64. The first-order valence-corrected chi connectivity index (χ1v) is 5.93. The molecule has 1 aromatic rings. The van der Waals surface area contributed by atoms with Gasteiger partial charge in [-0.2, -0.15) is 0 Å². The Bertz CT molecular complexity index is 342. The van der Waals surface area contributed by atoms with Crippen molar-refractivity contribution in [3.05, 3.63) is 17.5 Å². The van der Waals surface area contributed by atoms with Crippen LogP contribution < -0.4 is 4.13 Å². The molecule has 1 aromatic heterocycles. The van der Waals surface area contributed by atoms with Crippen molar-refractivity contribution in [3.8, 4) is 0 Å². The van der Waals surface area contributed by atoms with Crippen LogP contribution in [-0.2, 0) is 14.8 Å². The molecule has 0 aliphatic rings. The average molecular weight is 222 g/mol. The minimum atomic E-state index is -3.51. The molecule has 0 saturated heterocycles. The number of rotatable bonds is 4. The van der Waals surface area contributed by atoms with Crippen LogP contribution >= 0.6 is 23.3 Å². The molecule has 0 saturated carbocycles. The summed E-state index contributed by atoms with van der Waals surface area (Å²) in [5.41, 5.74) is 1.37. The molecular weight excluding hydrogens is 218 g/mol. The Morgan fingerprint density at radius 1 is 1.58 bits per heavy atom. The third-order valence-electron chi connectivity index (χ3n) is 0.953. The van der Waals surface area contributed by atoms with Crippen LogP contribution in [0.3, 0.4) is 0 Å². The maximum absolute atomic E-state index is 11.2. The third-order valence-corrected chi connectivity index (χ3v) is 4.52. The van der Waals surface area contributed by atoms with Crippen LogP contribution in [0.5, 0.6) is 0 Å². The van der Waals surface area contributed by atoms with Crippen molar-refractivity contribution in [1.82, 2.24) is 4.13 Å². The van der Waals surface area contributed by atoms with Gasteiger partial charge in [-0.05, 0) is 11.4 Å². The first-order chi connectivity index (χ1) is 5.67. The lowest BCUT2D eigenvalue weighted by atomic mass is 10.7. The number of sulfonamides is 1. The molecule has 0 unspecified atom stereocenters. The number of carbonyl (C=O) groups excluding carboxylic acids is 1. The van der Waals surface area contributed by atoms with Gasteiger partial charge in [0.15, 0.2) is 0 Å². The van der Waals surface area contributed by atoms with E-state index in [4.69, 9.17) is 0 Å². The second-order valence-corrected chi connectivity index (χ2v) is 5.39. The summed E-state index contributed by atoms with van der Waals surface area (Å²) in [4.78, 5) is 9.74. The second-order valence-electron chi connectivity index (χ2n) is 1.70. The normalized spacial score (nSPS) is 11.3. The van der Waals surface area contributed by atoms with E-state index in [1.807, 2.05) is 4.13 Å². The zero-order valence-electron chi connectivity index (χ0n) is 5.68. The predicted octanol–water partition coefficient (Wildman–Crippen LogP) is 0.742. The summed E-state index contributed by atoms with van der Waals surface area (Å²) in [7, 11) is -3.51. The van der Waals surface area contributed by atoms with E-state index in [9.17, 15) is 13.2 Å². The van der Waals surface area contributed by atoms with Gasteiger partial charge in [0.2, 0.25) is 0 Å². The van der Waals surface area contributed by atoms with Crippen molar-refractivity contribution in [3.63, 3.8) is 0 Å². The van der Waals surface area contributed by atoms with E-state index in [2.05, 4.69) is 0 Å². The lowest BCUT2D eigenvalue weighted by Gasteiger charge is -1.96. The molecule has 12 heavy (non-hydrogen) atoms. The molecule has 65 valence electrons. The molecule has 1 N–H and O–H groups in total. The van der Waals surface area contributed by atoms with Gasteiger partial charge in [0.1, 0.15) is 4.21 Å². The zero-order chi connectivity index (χ0) is 9.03. The highest BCUT2D eigenvalue weighted by atomic mass is 32.3. The van der Waals surface area contributed by atoms with E-state index in [0.29, 0.717) is 11.9 Å². The van der Waals surface area contributed by atoms with E-state index >= 15 is 0 Å². The molecule has 7 heteroatoms. The van der Waals surface area contributed by atoms with Gasteiger partial charge in [-0.25, -0.2) is 8.42 Å². The summed E-state index contributed by atoms with van der Waals surface area (Å²) in [6.45, 7) is 0. The highest BCUT2D eigenvalue weighted by Crippen LogP contribution is 2.16. The van der Waals surface area contributed by atoms with Crippen molar-refractivity contribution >= 4 is 38.9 Å². The molecule has 0 aromatic carbocycles. The Morgan fingerprint density at radius 3 is 2.83 bits per heavy atom. The average Bonchev–Trinajstić information content (AvgIpc) is 2.53. The summed E-state index contributed by atoms with van der Waals surface area (Å²) < 4.78 is 24.5. The quantitative estimate of drug-likeness (QED) is 0.763. The molecule has 0 amide bonds. The van der Waals surface area contributed by atoms with Crippen molar-refractivity contribution in [2.24, 2.45) is 0 Å². The van der Waals surface area contributed by atoms with Gasteiger partial charge in [-0.15, -0.1) is 15.5 Å². The van der Waals surface area contributed by atoms with E-state index in [1.54, 1.807) is 11.4 Å². The van der Waals surface area contributed by atoms with Crippen LogP contribution in [0.15, 0.2) is 21.7 Å². The van der Waals surface area contributed by atoms with Crippen molar-refractivity contribution in [1.29, 1.82) is 0 Å². The number of hydrogen-bond acceptors (Lipinski definition) is 5. The molecule has 1 heterocycles. The van der Waals surface area contributed by atoms with Crippen LogP contribution in [0, 0.1) is 0 Å². The molecule has 4 nitrogen and oxygen atoms in total. The van der Waals surface area contributed by atoms with Gasteiger partial charge in [0.05, 0.1) is 0 Å². The van der Waals surface area contributed by atoms with Gasteiger partial charge in [0, 0.05) is 11.9 Å². The fourth-order valence-electron chi connectivity index (χ4n) is 0.529. The maximum Gasteiger partial charge on any atom is 0.283 e. The van der Waals surface area contributed by atoms with E-state index in [0.717, 1.165) is 11.3 Å². The summed E-state index contributed by atoms with van der Waals surface area (Å²) in [5.74, 6) is 0. The highest BCUT2D eigenvalue weighted by Gasteiger charge is 2.14. The van der Waals surface area contributed by atoms with Crippen molar-refractivity contribution < 1.29 is 13.2 Å². The van der Waals surface area contributed by atoms with Crippen LogP contribution in [0.4, 0.5) is 0 Å². The third kappa shape index (κ3) is 2.31. The summed E-state index contributed by atoms with van der Waals surface area (Å²) in [6, 6.07) is 3.08. The largest absolute Gasteiger partial charge is 0.283 e. The van der Waals surface area contributed by atoms with E-state index in [1.165, 1.54) is 11.7 Å². The fourth-order valence-corrected chi connectivity index (χ4v) is 3.12. The van der Waals surface area contributed by atoms with Crippen molar-refractivity contribution in [2.75, 3.05) is 0 Å². The van der Waals surface area contributed by atoms with Gasteiger partial charge in [-0.1, -0.05) is 6.07 Å². The van der Waals surface area contributed by atoms with Crippen LogP contribution in [0.1, 0.15) is 0 Å². The molecule has 1 rings (SSSR count). The molecule has 0 spiro atoms. The molecule has 0 bridgehead atoms. The fraction of sp³-hybridized carbons (Fsp3) is 0. The van der Waals surface area contributed by atoms with Crippen LogP contribution in [-0.4, -0.2) is 14.0 Å². The summed E-state index contributed by atoms with van der Waals surface area (Å²) in [6.07, 6.45) is 0. The highest BCUT2D eigenvalue weighted by molar-refractivity contribution is 8.17. The standard InChI is InChI=1S/C5H4NO3S3/c7-4-11-6-12(8,9)5-2-1-3-10-5/h1-3,6H. The first kappa shape index (κ1) is 9.72. The Balaban J connectivity index is 2.80. The molecule has 0 aliphatic carbocycles. The number of thiophene rings is 1. The lowest BCUT2D eigenvalue weighted by Crippen LogP contribution is -2.15. The number of hydrogen-bond donors (Lipinski definition) is 1. The minimum Gasteiger partial charge on any atom is -0.276 e. The molecule has 1 radical (unpaired) electrons. The Morgan fingerprint density at radius 2 is 2.33 bits per heavy atom. The van der Waals surface area contributed by atoms with Gasteiger partial charge >= 0.3 is 0 Å². The minimum absolute atomic E-state index is 0.185. The molecule has 0 aliphatic heterocycles. The Hall–Kier alpha value is -0.370. The predicted molar refractivity (Wildman–Crippen MR) is 47.9 cm³/mol. The van der Waals surface area contributed by atoms with Crippen LogP contribution in [0.25, 0.3) is 0 Å². The smallest absolute Gasteiger partial charge is 0.276 e. The monoisotopic (exact) mass is 222 g/mol. The Kier molecular flexibility index (Phi) is 3.27. The Labute approximate surface area is 78.2 Å². The SMILES string of the molecule is O=[C]SNS(=O)(=O)c1cccs1. The second kappa shape index (κ2) is 4.04. The van der Waals surface area contributed by atoms with Gasteiger partial charge in [-0.3, -0.25) is 4.79 Å². The zero-order valence-corrected chi connectivity index (χ0v) is 8.13. The van der Waals surface area contributed by atoms with E-state index < -0.39 is 10.0 Å². The van der Waals surface area contributed by atoms with E-state index in [-0.39, 0.29) is 4.21 Å². The van der Waals surface area contributed by atoms with Gasteiger partial charge in [0.25, 0.3) is 15.6 Å². The maximum atomic E-state index is 11.2. The molecule has 0 atom stereocenters. The lowest BCUT2D eigenvalue weighted by molar-refractivity contribution is 0.569. The topological polar surface area (TPSA) is 63.2 Å². The van der Waals surface area contributed by atoms with Crippen LogP contribution in [0.2, 0.25) is 0 Å². The molecule has 0 fully saturated rings. The first-order valence-electron chi connectivity index (χ1n) is 2.75. The van der Waals surface area contributed by atoms with Crippen molar-refractivity contribution in [2.45, 2.75) is 4.21 Å².